The van der Waals surface area contributed by atoms with Crippen LogP contribution in [-0.2, 0) is 9.84 Å². The fraction of sp³-hybridized carbons (Fsp3) is 0.444. The van der Waals surface area contributed by atoms with Crippen molar-refractivity contribution >= 4 is 26.8 Å². The first-order valence-corrected chi connectivity index (χ1v) is 10.7. The van der Waals surface area contributed by atoms with Crippen LogP contribution in [0.4, 0.5) is 11.4 Å². The SMILES string of the molecule is CC(C)S(=O)(=O)c1ccc(N2CCCCC2)cc1NC=C(C#N)c1nn[nH]n1. The molecule has 0 saturated carbocycles. The molecule has 2 heterocycles. The summed E-state index contributed by atoms with van der Waals surface area (Å²) in [5.41, 5.74) is 1.52. The molecule has 28 heavy (non-hydrogen) atoms. The van der Waals surface area contributed by atoms with Gasteiger partial charge in [0, 0.05) is 25.0 Å². The van der Waals surface area contributed by atoms with E-state index in [1.165, 1.54) is 12.6 Å². The molecule has 0 radical (unpaired) electrons. The zero-order chi connectivity index (χ0) is 20.1. The Morgan fingerprint density at radius 1 is 1.32 bits per heavy atom. The summed E-state index contributed by atoms with van der Waals surface area (Å²) in [4.78, 5) is 2.44. The molecule has 0 aliphatic carbocycles. The van der Waals surface area contributed by atoms with E-state index in [9.17, 15) is 13.7 Å². The van der Waals surface area contributed by atoms with Gasteiger partial charge >= 0.3 is 0 Å². The Morgan fingerprint density at radius 3 is 2.68 bits per heavy atom. The summed E-state index contributed by atoms with van der Waals surface area (Å²) in [7, 11) is -3.51. The van der Waals surface area contributed by atoms with Crippen molar-refractivity contribution < 1.29 is 8.42 Å². The number of hydrogen-bond donors (Lipinski definition) is 2. The summed E-state index contributed by atoms with van der Waals surface area (Å²) in [5.74, 6) is 0.135. The second-order valence-corrected chi connectivity index (χ2v) is 9.34. The lowest BCUT2D eigenvalue weighted by atomic mass is 10.1. The quantitative estimate of drug-likeness (QED) is 0.706. The molecule has 1 saturated heterocycles. The predicted octanol–water partition coefficient (Wildman–Crippen LogP) is 2.35. The molecule has 2 N–H and O–H groups in total. The minimum Gasteiger partial charge on any atom is -0.371 e. The summed E-state index contributed by atoms with van der Waals surface area (Å²) in [6, 6.07) is 7.29. The Balaban J connectivity index is 2.01. The van der Waals surface area contributed by atoms with Crippen molar-refractivity contribution in [2.75, 3.05) is 23.3 Å². The van der Waals surface area contributed by atoms with Crippen molar-refractivity contribution in [1.82, 2.24) is 20.6 Å². The molecule has 1 aromatic carbocycles. The molecule has 0 bridgehead atoms. The molecular weight excluding hydrogens is 378 g/mol. The lowest BCUT2D eigenvalue weighted by Crippen LogP contribution is -2.29. The predicted molar refractivity (Wildman–Crippen MR) is 106 cm³/mol. The summed E-state index contributed by atoms with van der Waals surface area (Å²) in [6.45, 7) is 5.18. The van der Waals surface area contributed by atoms with Crippen LogP contribution in [0.25, 0.3) is 5.57 Å². The van der Waals surface area contributed by atoms with E-state index in [1.807, 2.05) is 18.2 Å². The fourth-order valence-corrected chi connectivity index (χ4v) is 4.24. The van der Waals surface area contributed by atoms with E-state index >= 15 is 0 Å². The molecule has 10 heteroatoms. The smallest absolute Gasteiger partial charge is 0.216 e. The average Bonchev–Trinajstić information content (AvgIpc) is 3.23. The van der Waals surface area contributed by atoms with Crippen LogP contribution in [-0.4, -0.2) is 47.4 Å². The lowest BCUT2D eigenvalue weighted by Gasteiger charge is -2.29. The Kier molecular flexibility index (Phi) is 5.94. The number of benzene rings is 1. The zero-order valence-corrected chi connectivity index (χ0v) is 16.7. The van der Waals surface area contributed by atoms with Gasteiger partial charge in [0.1, 0.15) is 11.6 Å². The highest BCUT2D eigenvalue weighted by Crippen LogP contribution is 2.31. The Bertz CT molecular complexity index is 985. The third kappa shape index (κ3) is 4.14. The summed E-state index contributed by atoms with van der Waals surface area (Å²) >= 11 is 0. The number of nitriles is 1. The molecule has 3 rings (SSSR count). The van der Waals surface area contributed by atoms with Crippen LogP contribution in [0.15, 0.2) is 29.3 Å². The summed E-state index contributed by atoms with van der Waals surface area (Å²) < 4.78 is 25.6. The minimum atomic E-state index is -3.51. The maximum absolute atomic E-state index is 12.8. The molecule has 1 aliphatic heterocycles. The van der Waals surface area contributed by atoms with Crippen molar-refractivity contribution in [2.45, 2.75) is 43.3 Å². The number of H-pyrrole nitrogens is 1. The van der Waals surface area contributed by atoms with Gasteiger partial charge in [0.05, 0.1) is 15.8 Å². The van der Waals surface area contributed by atoms with Gasteiger partial charge in [0.2, 0.25) is 5.82 Å². The van der Waals surface area contributed by atoms with Crippen LogP contribution < -0.4 is 10.2 Å². The van der Waals surface area contributed by atoms with Crippen LogP contribution in [0.3, 0.4) is 0 Å². The van der Waals surface area contributed by atoms with Crippen molar-refractivity contribution in [2.24, 2.45) is 0 Å². The number of rotatable bonds is 6. The van der Waals surface area contributed by atoms with Gasteiger partial charge in [-0.2, -0.15) is 10.5 Å². The number of anilines is 2. The Morgan fingerprint density at radius 2 is 2.07 bits per heavy atom. The molecule has 148 valence electrons. The van der Waals surface area contributed by atoms with Gasteiger partial charge in [-0.3, -0.25) is 0 Å². The van der Waals surface area contributed by atoms with Gasteiger partial charge < -0.3 is 10.2 Å². The first-order valence-electron chi connectivity index (χ1n) is 9.17. The van der Waals surface area contributed by atoms with Gasteiger partial charge in [-0.25, -0.2) is 8.42 Å². The molecule has 0 amide bonds. The summed E-state index contributed by atoms with van der Waals surface area (Å²) in [6.07, 6.45) is 4.84. The minimum absolute atomic E-state index is 0.135. The fourth-order valence-electron chi connectivity index (χ4n) is 3.05. The van der Waals surface area contributed by atoms with E-state index in [0.717, 1.165) is 31.6 Å². The third-order valence-electron chi connectivity index (χ3n) is 4.69. The standard InChI is InChI=1S/C18H23N7O2S/c1-13(2)28(26,27)17-7-6-15(25-8-4-3-5-9-25)10-16(17)20-12-14(11-19)18-21-23-24-22-18/h6-7,10,12-13,20H,3-5,8-9H2,1-2H3,(H,21,22,23,24). The number of piperidine rings is 1. The molecule has 1 aliphatic rings. The monoisotopic (exact) mass is 401 g/mol. The van der Waals surface area contributed by atoms with Gasteiger partial charge in [-0.1, -0.05) is 0 Å². The van der Waals surface area contributed by atoms with Crippen LogP contribution in [0, 0.1) is 11.3 Å². The zero-order valence-electron chi connectivity index (χ0n) is 15.9. The third-order valence-corrected chi connectivity index (χ3v) is 6.90. The van der Waals surface area contributed by atoms with E-state index in [1.54, 1.807) is 19.9 Å². The maximum Gasteiger partial charge on any atom is 0.216 e. The van der Waals surface area contributed by atoms with Crippen LogP contribution in [0.2, 0.25) is 0 Å². The first kappa shape index (κ1) is 19.8. The first-order chi connectivity index (χ1) is 13.4. The second-order valence-electron chi connectivity index (χ2n) is 6.87. The largest absolute Gasteiger partial charge is 0.371 e. The van der Waals surface area contributed by atoms with E-state index in [2.05, 4.69) is 30.8 Å². The van der Waals surface area contributed by atoms with Gasteiger partial charge in [-0.05, 0) is 56.5 Å². The van der Waals surface area contributed by atoms with Crippen molar-refractivity contribution in [1.29, 1.82) is 5.26 Å². The normalized spacial score (nSPS) is 15.5. The van der Waals surface area contributed by atoms with Crippen molar-refractivity contribution in [3.8, 4) is 6.07 Å². The maximum atomic E-state index is 12.8. The molecule has 9 nitrogen and oxygen atoms in total. The number of nitrogens with zero attached hydrogens (tertiary/aromatic N) is 5. The van der Waals surface area contributed by atoms with Gasteiger partial charge in [0.25, 0.3) is 0 Å². The Labute approximate surface area is 164 Å². The second kappa shape index (κ2) is 8.39. The topological polar surface area (TPSA) is 128 Å². The van der Waals surface area contributed by atoms with Crippen molar-refractivity contribution in [3.63, 3.8) is 0 Å². The molecule has 1 fully saturated rings. The number of hydrogen-bond acceptors (Lipinski definition) is 8. The molecule has 1 aromatic heterocycles. The van der Waals surface area contributed by atoms with E-state index in [0.29, 0.717) is 5.69 Å². The number of nitrogens with one attached hydrogen (secondary N) is 2. The Hall–Kier alpha value is -2.93. The highest BCUT2D eigenvalue weighted by molar-refractivity contribution is 7.92. The summed E-state index contributed by atoms with van der Waals surface area (Å²) in [5, 5.41) is 25.1. The number of aromatic amines is 1. The highest BCUT2D eigenvalue weighted by Gasteiger charge is 2.24. The lowest BCUT2D eigenvalue weighted by molar-refractivity contribution is 0.577. The number of allylic oxidation sites excluding steroid dienone is 1. The molecular formula is C18H23N7O2S. The highest BCUT2D eigenvalue weighted by atomic mass is 32.2. The number of sulfone groups is 1. The molecule has 2 aromatic rings. The van der Waals surface area contributed by atoms with Crippen molar-refractivity contribution in [3.05, 3.63) is 30.2 Å². The van der Waals surface area contributed by atoms with Crippen LogP contribution in [0.1, 0.15) is 38.9 Å². The number of aromatic nitrogens is 4. The molecule has 0 unspecified atom stereocenters. The van der Waals surface area contributed by atoms with E-state index in [4.69, 9.17) is 0 Å². The molecule has 0 atom stereocenters. The van der Waals surface area contributed by atoms with Crippen LogP contribution >= 0.6 is 0 Å². The van der Waals surface area contributed by atoms with Crippen LogP contribution in [0.5, 0.6) is 0 Å². The van der Waals surface area contributed by atoms with Gasteiger partial charge in [-0.15, -0.1) is 10.2 Å². The molecule has 0 spiro atoms. The average molecular weight is 401 g/mol. The van der Waals surface area contributed by atoms with Gasteiger partial charge in [0.15, 0.2) is 9.84 Å². The van der Waals surface area contributed by atoms with E-state index < -0.39 is 15.1 Å². The van der Waals surface area contributed by atoms with E-state index in [-0.39, 0.29) is 16.3 Å². The number of tetrazole rings is 1.